The molecule has 0 radical (unpaired) electrons. The number of carbonyl (C=O) groups is 1. The maximum atomic E-state index is 12.2. The van der Waals surface area contributed by atoms with E-state index in [-0.39, 0.29) is 17.2 Å². The van der Waals surface area contributed by atoms with Crippen LogP contribution in [0.5, 0.6) is 0 Å². The first-order chi connectivity index (χ1) is 10.0. The van der Waals surface area contributed by atoms with Crippen molar-refractivity contribution in [3.8, 4) is 0 Å². The van der Waals surface area contributed by atoms with Gasteiger partial charge in [0.25, 0.3) is 11.6 Å². The summed E-state index contributed by atoms with van der Waals surface area (Å²) in [6.45, 7) is 2.01. The van der Waals surface area contributed by atoms with Crippen LogP contribution in [0.25, 0.3) is 0 Å². The number of hydrogen-bond donors (Lipinski definition) is 1. The summed E-state index contributed by atoms with van der Waals surface area (Å²) < 4.78 is 1.10. The molecule has 0 aliphatic rings. The second-order valence-electron chi connectivity index (χ2n) is 4.42. The Morgan fingerprint density at radius 1 is 1.29 bits per heavy atom. The van der Waals surface area contributed by atoms with Gasteiger partial charge in [0.05, 0.1) is 4.92 Å². The van der Waals surface area contributed by atoms with Crippen LogP contribution in [0.15, 0.2) is 42.5 Å². The van der Waals surface area contributed by atoms with E-state index in [1.165, 1.54) is 18.2 Å². The monoisotopic (exact) mass is 396 g/mol. The number of amides is 1. The summed E-state index contributed by atoms with van der Waals surface area (Å²) in [6, 6.07) is 11.4. The van der Waals surface area contributed by atoms with Gasteiger partial charge in [-0.2, -0.15) is 0 Å². The first kappa shape index (κ1) is 15.4. The number of hydrogen-bond acceptors (Lipinski definition) is 3. The SMILES string of the molecule is CCc1cc(I)ccc1NC(=O)c1cccc([N+](=O)[O-])c1. The van der Waals surface area contributed by atoms with Gasteiger partial charge in [0, 0.05) is 27.0 Å². The van der Waals surface area contributed by atoms with Crippen LogP contribution >= 0.6 is 22.6 Å². The lowest BCUT2D eigenvalue weighted by Gasteiger charge is -2.10. The van der Waals surface area contributed by atoms with Crippen LogP contribution < -0.4 is 5.32 Å². The van der Waals surface area contributed by atoms with Gasteiger partial charge in [-0.1, -0.05) is 13.0 Å². The first-order valence-electron chi connectivity index (χ1n) is 6.35. The van der Waals surface area contributed by atoms with Crippen LogP contribution in [0.4, 0.5) is 11.4 Å². The van der Waals surface area contributed by atoms with Crippen molar-refractivity contribution in [2.45, 2.75) is 13.3 Å². The van der Waals surface area contributed by atoms with E-state index in [2.05, 4.69) is 27.9 Å². The lowest BCUT2D eigenvalue weighted by Crippen LogP contribution is -2.13. The van der Waals surface area contributed by atoms with Crippen molar-refractivity contribution in [3.05, 3.63) is 67.3 Å². The minimum atomic E-state index is -0.515. The van der Waals surface area contributed by atoms with Crippen LogP contribution in [0.1, 0.15) is 22.8 Å². The Morgan fingerprint density at radius 3 is 2.71 bits per heavy atom. The zero-order chi connectivity index (χ0) is 15.4. The summed E-state index contributed by atoms with van der Waals surface area (Å²) in [5, 5.41) is 13.6. The second kappa shape index (κ2) is 6.66. The number of nitrogens with one attached hydrogen (secondary N) is 1. The van der Waals surface area contributed by atoms with Crippen LogP contribution in [-0.4, -0.2) is 10.8 Å². The van der Waals surface area contributed by atoms with Gasteiger partial charge in [0.2, 0.25) is 0 Å². The molecule has 21 heavy (non-hydrogen) atoms. The number of nitro groups is 1. The molecule has 108 valence electrons. The Morgan fingerprint density at radius 2 is 2.05 bits per heavy atom. The molecule has 0 unspecified atom stereocenters. The second-order valence-corrected chi connectivity index (χ2v) is 5.66. The van der Waals surface area contributed by atoms with Gasteiger partial charge in [0.15, 0.2) is 0 Å². The van der Waals surface area contributed by atoms with Crippen molar-refractivity contribution < 1.29 is 9.72 Å². The molecule has 2 rings (SSSR count). The molecule has 0 fully saturated rings. The van der Waals surface area contributed by atoms with Crippen molar-refractivity contribution in [2.75, 3.05) is 5.32 Å². The lowest BCUT2D eigenvalue weighted by atomic mass is 10.1. The highest BCUT2D eigenvalue weighted by molar-refractivity contribution is 14.1. The number of anilines is 1. The summed E-state index contributed by atoms with van der Waals surface area (Å²) in [5.41, 5.74) is 1.93. The van der Waals surface area contributed by atoms with Gasteiger partial charge in [-0.25, -0.2) is 0 Å². The zero-order valence-electron chi connectivity index (χ0n) is 11.3. The average Bonchev–Trinajstić information content (AvgIpc) is 2.49. The Bertz CT molecular complexity index is 701. The molecule has 0 bridgehead atoms. The van der Waals surface area contributed by atoms with Crippen LogP contribution in [0.3, 0.4) is 0 Å². The van der Waals surface area contributed by atoms with Crippen molar-refractivity contribution >= 4 is 39.9 Å². The van der Waals surface area contributed by atoms with E-state index < -0.39 is 4.92 Å². The minimum Gasteiger partial charge on any atom is -0.322 e. The van der Waals surface area contributed by atoms with Gasteiger partial charge >= 0.3 is 0 Å². The van der Waals surface area contributed by atoms with Crippen LogP contribution in [0.2, 0.25) is 0 Å². The summed E-state index contributed by atoms with van der Waals surface area (Å²) >= 11 is 2.21. The van der Waals surface area contributed by atoms with Crippen molar-refractivity contribution in [1.29, 1.82) is 0 Å². The van der Waals surface area contributed by atoms with Crippen molar-refractivity contribution in [2.24, 2.45) is 0 Å². The lowest BCUT2D eigenvalue weighted by molar-refractivity contribution is -0.384. The van der Waals surface area contributed by atoms with E-state index in [1.807, 2.05) is 25.1 Å². The van der Waals surface area contributed by atoms with Gasteiger partial charge in [0.1, 0.15) is 0 Å². The molecule has 0 atom stereocenters. The Labute approximate surface area is 135 Å². The summed E-state index contributed by atoms with van der Waals surface area (Å²) in [4.78, 5) is 22.4. The van der Waals surface area contributed by atoms with Gasteiger partial charge in [-0.15, -0.1) is 0 Å². The molecule has 0 heterocycles. The Hall–Kier alpha value is -1.96. The van der Waals surface area contributed by atoms with Crippen molar-refractivity contribution in [1.82, 2.24) is 0 Å². The number of nitro benzene ring substituents is 1. The normalized spacial score (nSPS) is 10.2. The smallest absolute Gasteiger partial charge is 0.270 e. The molecule has 6 heteroatoms. The molecular weight excluding hydrogens is 383 g/mol. The minimum absolute atomic E-state index is 0.0963. The molecule has 0 saturated carbocycles. The van der Waals surface area contributed by atoms with Crippen molar-refractivity contribution in [3.63, 3.8) is 0 Å². The number of carbonyl (C=O) groups excluding carboxylic acids is 1. The van der Waals surface area contributed by atoms with E-state index in [0.717, 1.165) is 21.2 Å². The molecule has 2 aromatic rings. The molecule has 0 saturated heterocycles. The molecule has 1 N–H and O–H groups in total. The van der Waals surface area contributed by atoms with E-state index >= 15 is 0 Å². The number of nitrogens with zero attached hydrogens (tertiary/aromatic N) is 1. The number of benzene rings is 2. The summed E-state index contributed by atoms with van der Waals surface area (Å²) in [5.74, 6) is -0.352. The molecule has 0 aliphatic carbocycles. The Kier molecular flexibility index (Phi) is 4.89. The predicted molar refractivity (Wildman–Crippen MR) is 89.6 cm³/mol. The first-order valence-corrected chi connectivity index (χ1v) is 7.43. The number of rotatable bonds is 4. The third-order valence-electron chi connectivity index (χ3n) is 3.02. The third-order valence-corrected chi connectivity index (χ3v) is 3.69. The highest BCUT2D eigenvalue weighted by Gasteiger charge is 2.13. The molecule has 1 amide bonds. The number of aryl methyl sites for hydroxylation is 1. The fourth-order valence-corrected chi connectivity index (χ4v) is 2.49. The number of halogens is 1. The van der Waals surface area contributed by atoms with E-state index in [9.17, 15) is 14.9 Å². The fourth-order valence-electron chi connectivity index (χ4n) is 1.93. The fraction of sp³-hybridized carbons (Fsp3) is 0.133. The largest absolute Gasteiger partial charge is 0.322 e. The van der Waals surface area contributed by atoms with Crippen LogP contribution in [0, 0.1) is 13.7 Å². The maximum absolute atomic E-state index is 12.2. The Balaban J connectivity index is 2.26. The molecule has 0 spiro atoms. The molecule has 5 nitrogen and oxygen atoms in total. The highest BCUT2D eigenvalue weighted by Crippen LogP contribution is 2.21. The van der Waals surface area contributed by atoms with Crippen LogP contribution in [-0.2, 0) is 6.42 Å². The zero-order valence-corrected chi connectivity index (χ0v) is 13.5. The molecule has 0 aromatic heterocycles. The average molecular weight is 396 g/mol. The highest BCUT2D eigenvalue weighted by atomic mass is 127. The molecule has 2 aromatic carbocycles. The molecular formula is C15H13IN2O3. The maximum Gasteiger partial charge on any atom is 0.270 e. The summed E-state index contributed by atoms with van der Waals surface area (Å²) in [6.07, 6.45) is 0.793. The van der Waals surface area contributed by atoms with Gasteiger partial charge in [-0.05, 0) is 58.8 Å². The predicted octanol–water partition coefficient (Wildman–Crippen LogP) is 4.01. The van der Waals surface area contributed by atoms with E-state index in [1.54, 1.807) is 6.07 Å². The summed E-state index contributed by atoms with van der Waals surface area (Å²) in [7, 11) is 0. The quantitative estimate of drug-likeness (QED) is 0.482. The van der Waals surface area contributed by atoms with E-state index in [0.29, 0.717) is 0 Å². The van der Waals surface area contributed by atoms with Gasteiger partial charge < -0.3 is 5.32 Å². The number of non-ortho nitro benzene ring substituents is 1. The van der Waals surface area contributed by atoms with E-state index in [4.69, 9.17) is 0 Å². The molecule has 0 aliphatic heterocycles. The standard InChI is InChI=1S/C15H13IN2O3/c1-2-10-8-12(16)6-7-14(10)17-15(19)11-4-3-5-13(9-11)18(20)21/h3-9H,2H2,1H3,(H,17,19). The third kappa shape index (κ3) is 3.78. The van der Waals surface area contributed by atoms with Gasteiger partial charge in [-0.3, -0.25) is 14.9 Å². The topological polar surface area (TPSA) is 72.2 Å².